The molecular weight excluding hydrogens is 290 g/mol. The topological polar surface area (TPSA) is 77.5 Å². The summed E-state index contributed by atoms with van der Waals surface area (Å²) in [7, 11) is -2.70. The Balaban J connectivity index is 3.48. The Morgan fingerprint density at radius 2 is 1.43 bits per heavy atom. The van der Waals surface area contributed by atoms with E-state index in [0.717, 1.165) is 19.3 Å². The van der Waals surface area contributed by atoms with Crippen LogP contribution in [0, 0.1) is 0 Å². The molecule has 0 bridgehead atoms. The quantitative estimate of drug-likeness (QED) is 0.386. The van der Waals surface area contributed by atoms with E-state index < -0.39 is 15.9 Å². The molecule has 0 aromatic heterocycles. The van der Waals surface area contributed by atoms with Crippen molar-refractivity contribution >= 4 is 16.0 Å². The van der Waals surface area contributed by atoms with E-state index in [-0.39, 0.29) is 12.5 Å². The molecule has 126 valence electrons. The molecule has 0 aromatic rings. The molecule has 0 saturated heterocycles. The second-order valence-electron chi connectivity index (χ2n) is 5.66. The molecule has 0 saturated carbocycles. The van der Waals surface area contributed by atoms with Gasteiger partial charge < -0.3 is 9.45 Å². The van der Waals surface area contributed by atoms with E-state index in [1.165, 1.54) is 43.4 Å². The first-order valence-electron chi connectivity index (χ1n) is 8.04. The van der Waals surface area contributed by atoms with Crippen LogP contribution in [-0.2, 0) is 14.9 Å². The van der Waals surface area contributed by atoms with Gasteiger partial charge in [-0.3, -0.25) is 4.79 Å². The second-order valence-corrected chi connectivity index (χ2v) is 7.18. The van der Waals surface area contributed by atoms with E-state index in [9.17, 15) is 17.8 Å². The summed E-state index contributed by atoms with van der Waals surface area (Å²) < 4.78 is 31.5. The van der Waals surface area contributed by atoms with E-state index in [1.807, 2.05) is 0 Å². The molecular formula is C15H30NO4S-. The van der Waals surface area contributed by atoms with Crippen molar-refractivity contribution in [2.24, 2.45) is 0 Å². The Kier molecular flexibility index (Phi) is 11.6. The van der Waals surface area contributed by atoms with E-state index in [4.69, 9.17) is 0 Å². The van der Waals surface area contributed by atoms with Crippen LogP contribution < -0.4 is 0 Å². The standard InChI is InChI=1S/C15H31NO4S/c1-3-4-5-6-7-8-9-10-11-12-15(17)16(2)13-14-21(18,19)20/h3-14H2,1-2H3,(H,18,19,20)/p-1. The third-order valence-corrected chi connectivity index (χ3v) is 4.28. The van der Waals surface area contributed by atoms with Crippen molar-refractivity contribution in [1.82, 2.24) is 4.90 Å². The minimum absolute atomic E-state index is 0.0118. The smallest absolute Gasteiger partial charge is 0.222 e. The van der Waals surface area contributed by atoms with Crippen molar-refractivity contribution in [3.05, 3.63) is 0 Å². The zero-order valence-corrected chi connectivity index (χ0v) is 14.3. The lowest BCUT2D eigenvalue weighted by molar-refractivity contribution is -0.129. The van der Waals surface area contributed by atoms with Crippen LogP contribution in [0.15, 0.2) is 0 Å². The summed E-state index contributed by atoms with van der Waals surface area (Å²) >= 11 is 0. The minimum Gasteiger partial charge on any atom is -0.748 e. The van der Waals surface area contributed by atoms with Crippen LogP contribution in [0.25, 0.3) is 0 Å². The average molecular weight is 320 g/mol. The Hall–Kier alpha value is -0.620. The lowest BCUT2D eigenvalue weighted by atomic mass is 10.1. The molecule has 0 aromatic carbocycles. The fraction of sp³-hybridized carbons (Fsp3) is 0.933. The average Bonchev–Trinajstić information content (AvgIpc) is 2.41. The number of carbonyl (C=O) groups excluding carboxylic acids is 1. The summed E-state index contributed by atoms with van der Waals surface area (Å²) in [5.41, 5.74) is 0. The minimum atomic E-state index is -4.24. The number of amides is 1. The third kappa shape index (κ3) is 14.1. The number of hydrogen-bond donors (Lipinski definition) is 0. The summed E-state index contributed by atoms with van der Waals surface area (Å²) in [4.78, 5) is 13.0. The molecule has 0 unspecified atom stereocenters. The molecule has 0 heterocycles. The van der Waals surface area contributed by atoms with E-state index >= 15 is 0 Å². The van der Waals surface area contributed by atoms with Gasteiger partial charge in [0.25, 0.3) is 0 Å². The van der Waals surface area contributed by atoms with Crippen LogP contribution in [-0.4, -0.2) is 43.1 Å². The number of unbranched alkanes of at least 4 members (excludes halogenated alkanes) is 8. The SMILES string of the molecule is CCCCCCCCCCCC(=O)N(C)CCS(=O)(=O)[O-]. The van der Waals surface area contributed by atoms with Crippen LogP contribution in [0.2, 0.25) is 0 Å². The molecule has 5 nitrogen and oxygen atoms in total. The molecule has 0 spiro atoms. The van der Waals surface area contributed by atoms with Crippen LogP contribution in [0.1, 0.15) is 71.1 Å². The van der Waals surface area contributed by atoms with Gasteiger partial charge in [0.05, 0.1) is 15.9 Å². The van der Waals surface area contributed by atoms with Crippen LogP contribution in [0.5, 0.6) is 0 Å². The Bertz CT molecular complexity index is 368. The van der Waals surface area contributed by atoms with Crippen molar-refractivity contribution in [2.75, 3.05) is 19.3 Å². The lowest BCUT2D eigenvalue weighted by Gasteiger charge is -2.18. The maximum absolute atomic E-state index is 11.7. The molecule has 6 heteroatoms. The molecule has 0 radical (unpaired) electrons. The first kappa shape index (κ1) is 20.4. The maximum Gasteiger partial charge on any atom is 0.222 e. The highest BCUT2D eigenvalue weighted by molar-refractivity contribution is 7.85. The monoisotopic (exact) mass is 320 g/mol. The molecule has 0 rings (SSSR count). The second kappa shape index (κ2) is 12.0. The maximum atomic E-state index is 11.7. The first-order chi connectivity index (χ1) is 9.87. The Morgan fingerprint density at radius 3 is 1.90 bits per heavy atom. The van der Waals surface area contributed by atoms with Gasteiger partial charge in [-0.05, 0) is 6.42 Å². The summed E-state index contributed by atoms with van der Waals surface area (Å²) in [6, 6.07) is 0. The molecule has 0 aliphatic heterocycles. The normalized spacial score (nSPS) is 11.6. The van der Waals surface area contributed by atoms with Crippen LogP contribution in [0.3, 0.4) is 0 Å². The van der Waals surface area contributed by atoms with Gasteiger partial charge in [-0.1, -0.05) is 58.3 Å². The summed E-state index contributed by atoms with van der Waals surface area (Å²) in [6.07, 6.45) is 11.2. The highest BCUT2D eigenvalue weighted by Crippen LogP contribution is 2.11. The predicted molar refractivity (Wildman–Crippen MR) is 84.0 cm³/mol. The zero-order chi connectivity index (χ0) is 16.1. The van der Waals surface area contributed by atoms with Gasteiger partial charge >= 0.3 is 0 Å². The number of nitrogens with zero attached hydrogens (tertiary/aromatic N) is 1. The number of hydrogen-bond acceptors (Lipinski definition) is 4. The van der Waals surface area contributed by atoms with Crippen molar-refractivity contribution in [2.45, 2.75) is 71.1 Å². The fourth-order valence-corrected chi connectivity index (χ4v) is 2.65. The highest BCUT2D eigenvalue weighted by Gasteiger charge is 2.09. The fourth-order valence-electron chi connectivity index (χ4n) is 2.15. The number of carbonyl (C=O) groups is 1. The van der Waals surface area contributed by atoms with E-state index in [0.29, 0.717) is 6.42 Å². The van der Waals surface area contributed by atoms with E-state index in [2.05, 4.69) is 6.92 Å². The largest absolute Gasteiger partial charge is 0.748 e. The molecule has 1 amide bonds. The molecule has 0 N–H and O–H groups in total. The third-order valence-electron chi connectivity index (χ3n) is 3.60. The zero-order valence-electron chi connectivity index (χ0n) is 13.5. The van der Waals surface area contributed by atoms with Crippen LogP contribution >= 0.6 is 0 Å². The van der Waals surface area contributed by atoms with E-state index in [1.54, 1.807) is 7.05 Å². The van der Waals surface area contributed by atoms with Gasteiger partial charge in [-0.2, -0.15) is 0 Å². The summed E-state index contributed by atoms with van der Waals surface area (Å²) in [6.45, 7) is 2.20. The van der Waals surface area contributed by atoms with Crippen molar-refractivity contribution in [3.63, 3.8) is 0 Å². The molecule has 0 fully saturated rings. The number of rotatable bonds is 13. The van der Waals surface area contributed by atoms with Gasteiger partial charge in [0.15, 0.2) is 0 Å². The van der Waals surface area contributed by atoms with Gasteiger partial charge in [0.2, 0.25) is 5.91 Å². The Morgan fingerprint density at radius 1 is 0.952 bits per heavy atom. The summed E-state index contributed by atoms with van der Waals surface area (Å²) in [5.74, 6) is -0.589. The summed E-state index contributed by atoms with van der Waals surface area (Å²) in [5, 5.41) is 0. The predicted octanol–water partition coefficient (Wildman–Crippen LogP) is 2.91. The van der Waals surface area contributed by atoms with Crippen molar-refractivity contribution in [1.29, 1.82) is 0 Å². The van der Waals surface area contributed by atoms with Gasteiger partial charge in [-0.15, -0.1) is 0 Å². The van der Waals surface area contributed by atoms with Gasteiger partial charge in [0, 0.05) is 20.0 Å². The first-order valence-corrected chi connectivity index (χ1v) is 9.62. The highest BCUT2D eigenvalue weighted by atomic mass is 32.2. The lowest BCUT2D eigenvalue weighted by Crippen LogP contribution is -2.31. The molecule has 0 atom stereocenters. The Labute approximate surface area is 129 Å². The van der Waals surface area contributed by atoms with Crippen LogP contribution in [0.4, 0.5) is 0 Å². The molecule has 21 heavy (non-hydrogen) atoms. The van der Waals surface area contributed by atoms with Crippen molar-refractivity contribution in [3.8, 4) is 0 Å². The van der Waals surface area contributed by atoms with Gasteiger partial charge in [-0.25, -0.2) is 8.42 Å². The van der Waals surface area contributed by atoms with Gasteiger partial charge in [0.1, 0.15) is 0 Å². The van der Waals surface area contributed by atoms with Crippen molar-refractivity contribution < 1.29 is 17.8 Å². The molecule has 0 aliphatic rings. The molecule has 0 aliphatic carbocycles.